The van der Waals surface area contributed by atoms with Crippen LogP contribution in [0.3, 0.4) is 0 Å². The Kier molecular flexibility index (Phi) is 6.78. The summed E-state index contributed by atoms with van der Waals surface area (Å²) in [6.07, 6.45) is 4.42. The molecule has 1 saturated heterocycles. The number of hydrogen-bond acceptors (Lipinski definition) is 6. The Morgan fingerprint density at radius 1 is 1.06 bits per heavy atom. The van der Waals surface area contributed by atoms with Crippen LogP contribution in [-0.2, 0) is 11.2 Å². The van der Waals surface area contributed by atoms with Crippen molar-refractivity contribution < 1.29 is 19.1 Å². The fourth-order valence-corrected chi connectivity index (χ4v) is 4.01. The Morgan fingerprint density at radius 3 is 2.50 bits per heavy atom. The van der Waals surface area contributed by atoms with Crippen molar-refractivity contribution in [1.29, 1.82) is 0 Å². The predicted molar refractivity (Wildman–Crippen MR) is 121 cm³/mol. The summed E-state index contributed by atoms with van der Waals surface area (Å²) in [6.45, 7) is 3.20. The fraction of sp³-hybridized carbons (Fsp3) is 0.458. The molecule has 1 aliphatic carbocycles. The summed E-state index contributed by atoms with van der Waals surface area (Å²) in [5.41, 5.74) is 1.60. The standard InChI is InChI=1S/C24H30N4O4/c1-31-20-8-5-17(16-21(20)32-2)9-11-26-23(29)19-4-3-10-25-22(19)27-12-14-28(15-13-27)24(30)18-6-7-18/h3-5,8,10,16,18H,6-7,9,11-15H2,1-2H3,(H,26,29). The lowest BCUT2D eigenvalue weighted by Gasteiger charge is -2.36. The smallest absolute Gasteiger partial charge is 0.255 e. The number of ether oxygens (including phenoxy) is 2. The lowest BCUT2D eigenvalue weighted by Crippen LogP contribution is -2.50. The largest absolute Gasteiger partial charge is 0.493 e. The van der Waals surface area contributed by atoms with E-state index in [0.29, 0.717) is 62.0 Å². The molecule has 1 aliphatic heterocycles. The van der Waals surface area contributed by atoms with Gasteiger partial charge in [0.05, 0.1) is 19.8 Å². The Balaban J connectivity index is 1.34. The third-order valence-electron chi connectivity index (χ3n) is 6.00. The van der Waals surface area contributed by atoms with Crippen molar-refractivity contribution in [2.45, 2.75) is 19.3 Å². The highest BCUT2D eigenvalue weighted by atomic mass is 16.5. The highest BCUT2D eigenvalue weighted by molar-refractivity contribution is 5.99. The summed E-state index contributed by atoms with van der Waals surface area (Å²) in [7, 11) is 3.21. The zero-order valence-electron chi connectivity index (χ0n) is 18.7. The molecule has 1 aromatic carbocycles. The summed E-state index contributed by atoms with van der Waals surface area (Å²) < 4.78 is 10.6. The molecule has 32 heavy (non-hydrogen) atoms. The number of methoxy groups -OCH3 is 2. The second kappa shape index (κ2) is 9.89. The first-order valence-electron chi connectivity index (χ1n) is 11.1. The van der Waals surface area contributed by atoms with E-state index in [1.165, 1.54) is 0 Å². The summed E-state index contributed by atoms with van der Waals surface area (Å²) in [5, 5.41) is 3.00. The number of hydrogen-bond donors (Lipinski definition) is 1. The molecule has 170 valence electrons. The van der Waals surface area contributed by atoms with Crippen LogP contribution in [0.4, 0.5) is 5.82 Å². The van der Waals surface area contributed by atoms with Crippen LogP contribution in [0.2, 0.25) is 0 Å². The molecule has 1 N–H and O–H groups in total. The molecule has 2 aromatic rings. The number of pyridine rings is 1. The highest BCUT2D eigenvalue weighted by Crippen LogP contribution is 2.31. The zero-order valence-corrected chi connectivity index (χ0v) is 18.7. The number of amides is 2. The average Bonchev–Trinajstić information content (AvgIpc) is 3.69. The molecule has 2 aliphatic rings. The molecular weight excluding hydrogens is 408 g/mol. The molecule has 0 unspecified atom stereocenters. The van der Waals surface area contributed by atoms with E-state index in [0.717, 1.165) is 18.4 Å². The third kappa shape index (κ3) is 4.95. The number of benzene rings is 1. The quantitative estimate of drug-likeness (QED) is 0.680. The number of nitrogens with zero attached hydrogens (tertiary/aromatic N) is 3. The topological polar surface area (TPSA) is 84.0 Å². The van der Waals surface area contributed by atoms with E-state index in [1.54, 1.807) is 32.5 Å². The Hall–Kier alpha value is -3.29. The number of anilines is 1. The van der Waals surface area contributed by atoms with Gasteiger partial charge in [-0.2, -0.15) is 0 Å². The summed E-state index contributed by atoms with van der Waals surface area (Å²) in [4.78, 5) is 33.7. The first kappa shape index (κ1) is 21.9. The monoisotopic (exact) mass is 438 g/mol. The van der Waals surface area contributed by atoms with E-state index in [4.69, 9.17) is 9.47 Å². The van der Waals surface area contributed by atoms with Crippen molar-refractivity contribution in [2.75, 3.05) is 51.8 Å². The van der Waals surface area contributed by atoms with Crippen LogP contribution in [0.15, 0.2) is 36.5 Å². The van der Waals surface area contributed by atoms with Crippen molar-refractivity contribution in [2.24, 2.45) is 5.92 Å². The Morgan fingerprint density at radius 2 is 1.81 bits per heavy atom. The maximum absolute atomic E-state index is 12.9. The van der Waals surface area contributed by atoms with Gasteiger partial charge >= 0.3 is 0 Å². The fourth-order valence-electron chi connectivity index (χ4n) is 4.01. The van der Waals surface area contributed by atoms with Crippen molar-refractivity contribution in [3.63, 3.8) is 0 Å². The molecule has 8 nitrogen and oxygen atoms in total. The SMILES string of the molecule is COc1ccc(CCNC(=O)c2cccnc2N2CCN(C(=O)C3CC3)CC2)cc1OC. The van der Waals surface area contributed by atoms with Crippen molar-refractivity contribution >= 4 is 17.6 Å². The first-order valence-corrected chi connectivity index (χ1v) is 11.1. The molecule has 2 amide bonds. The normalized spacial score (nSPS) is 15.9. The Bertz CT molecular complexity index is 968. The number of piperazine rings is 1. The molecule has 1 aromatic heterocycles. The van der Waals surface area contributed by atoms with E-state index in [9.17, 15) is 9.59 Å². The number of rotatable bonds is 8. The van der Waals surface area contributed by atoms with Gasteiger partial charge in [-0.3, -0.25) is 9.59 Å². The molecule has 4 rings (SSSR count). The lowest BCUT2D eigenvalue weighted by atomic mass is 10.1. The van der Waals surface area contributed by atoms with E-state index >= 15 is 0 Å². The molecule has 1 saturated carbocycles. The minimum absolute atomic E-state index is 0.148. The van der Waals surface area contributed by atoms with Gasteiger partial charge in [-0.15, -0.1) is 0 Å². The maximum Gasteiger partial charge on any atom is 0.255 e. The van der Waals surface area contributed by atoms with Gasteiger partial charge in [-0.1, -0.05) is 6.07 Å². The predicted octanol–water partition coefficient (Wildman–Crippen LogP) is 2.13. The molecular formula is C24H30N4O4. The van der Waals surface area contributed by atoms with Gasteiger partial charge in [0, 0.05) is 44.8 Å². The molecule has 0 spiro atoms. The van der Waals surface area contributed by atoms with Crippen LogP contribution in [0, 0.1) is 5.92 Å². The van der Waals surface area contributed by atoms with Crippen molar-refractivity contribution in [1.82, 2.24) is 15.2 Å². The van der Waals surface area contributed by atoms with Gasteiger partial charge < -0.3 is 24.6 Å². The number of carbonyl (C=O) groups is 2. The number of aromatic nitrogens is 1. The molecule has 2 fully saturated rings. The minimum Gasteiger partial charge on any atom is -0.493 e. The molecule has 0 radical (unpaired) electrons. The van der Waals surface area contributed by atoms with Crippen LogP contribution in [0.1, 0.15) is 28.8 Å². The summed E-state index contributed by atoms with van der Waals surface area (Å²) in [5.74, 6) is 2.39. The maximum atomic E-state index is 12.9. The molecule has 8 heteroatoms. The van der Waals surface area contributed by atoms with Crippen LogP contribution in [0.5, 0.6) is 11.5 Å². The number of carbonyl (C=O) groups excluding carboxylic acids is 2. The van der Waals surface area contributed by atoms with Crippen molar-refractivity contribution in [3.05, 3.63) is 47.7 Å². The highest BCUT2D eigenvalue weighted by Gasteiger charge is 2.35. The zero-order chi connectivity index (χ0) is 22.5. The van der Waals surface area contributed by atoms with Gasteiger partial charge in [0.2, 0.25) is 5.91 Å². The van der Waals surface area contributed by atoms with Crippen LogP contribution in [0.25, 0.3) is 0 Å². The van der Waals surface area contributed by atoms with Crippen LogP contribution < -0.4 is 19.7 Å². The second-order valence-electron chi connectivity index (χ2n) is 8.16. The Labute approximate surface area is 188 Å². The van der Waals surface area contributed by atoms with Gasteiger partial charge in [0.15, 0.2) is 11.5 Å². The van der Waals surface area contributed by atoms with Crippen LogP contribution in [-0.4, -0.2) is 68.6 Å². The van der Waals surface area contributed by atoms with Gasteiger partial charge in [-0.05, 0) is 49.1 Å². The molecule has 0 atom stereocenters. The molecule has 2 heterocycles. The van der Waals surface area contributed by atoms with E-state index in [2.05, 4.69) is 15.2 Å². The lowest BCUT2D eigenvalue weighted by molar-refractivity contribution is -0.132. The van der Waals surface area contributed by atoms with Gasteiger partial charge in [0.1, 0.15) is 5.82 Å². The van der Waals surface area contributed by atoms with E-state index in [-0.39, 0.29) is 17.7 Å². The van der Waals surface area contributed by atoms with E-state index in [1.807, 2.05) is 23.1 Å². The van der Waals surface area contributed by atoms with Gasteiger partial charge in [-0.25, -0.2) is 4.98 Å². The van der Waals surface area contributed by atoms with Crippen LogP contribution >= 0.6 is 0 Å². The summed E-state index contributed by atoms with van der Waals surface area (Å²) in [6, 6.07) is 9.33. The number of nitrogens with one attached hydrogen (secondary N) is 1. The minimum atomic E-state index is -0.148. The average molecular weight is 439 g/mol. The van der Waals surface area contributed by atoms with Crippen molar-refractivity contribution in [3.8, 4) is 11.5 Å². The first-order chi connectivity index (χ1) is 15.6. The van der Waals surface area contributed by atoms with Gasteiger partial charge in [0.25, 0.3) is 5.91 Å². The third-order valence-corrected chi connectivity index (χ3v) is 6.00. The summed E-state index contributed by atoms with van der Waals surface area (Å²) >= 11 is 0. The second-order valence-corrected chi connectivity index (χ2v) is 8.16. The molecule has 0 bridgehead atoms. The van der Waals surface area contributed by atoms with E-state index < -0.39 is 0 Å².